The summed E-state index contributed by atoms with van der Waals surface area (Å²) in [5, 5.41) is 2.91. The van der Waals surface area contributed by atoms with Crippen molar-refractivity contribution in [3.8, 4) is 0 Å². The van der Waals surface area contributed by atoms with Crippen LogP contribution in [0.5, 0.6) is 0 Å². The van der Waals surface area contributed by atoms with Crippen molar-refractivity contribution in [2.45, 2.75) is 43.9 Å². The fraction of sp³-hybridized carbons (Fsp3) is 0.333. The van der Waals surface area contributed by atoms with Gasteiger partial charge in [-0.2, -0.15) is 0 Å². The first-order chi connectivity index (χ1) is 13.5. The molecule has 0 aromatic heterocycles. The van der Waals surface area contributed by atoms with E-state index in [-0.39, 0.29) is 10.8 Å². The summed E-state index contributed by atoms with van der Waals surface area (Å²) in [6, 6.07) is 14.7. The van der Waals surface area contributed by atoms with Crippen LogP contribution in [0, 0.1) is 0 Å². The van der Waals surface area contributed by atoms with Crippen molar-refractivity contribution >= 4 is 27.5 Å². The maximum atomic E-state index is 12.0. The number of aliphatic imine (C=N–C) groups is 1. The van der Waals surface area contributed by atoms with Gasteiger partial charge in [-0.3, -0.25) is 14.5 Å². The van der Waals surface area contributed by atoms with Crippen LogP contribution in [0.25, 0.3) is 0 Å². The number of aryl methyl sites for hydroxylation is 1. The van der Waals surface area contributed by atoms with Gasteiger partial charge in [-0.15, -0.1) is 0 Å². The van der Waals surface area contributed by atoms with Crippen LogP contribution in [0.3, 0.4) is 0 Å². The lowest BCUT2D eigenvalue weighted by Gasteiger charge is -2.06. The van der Waals surface area contributed by atoms with Crippen molar-refractivity contribution < 1.29 is 13.2 Å². The van der Waals surface area contributed by atoms with Crippen molar-refractivity contribution in [2.24, 2.45) is 4.99 Å². The molecule has 1 heterocycles. The topological polar surface area (TPSA) is 87.6 Å². The molecule has 0 fully saturated rings. The maximum Gasteiger partial charge on any atom is 0.263 e. The van der Waals surface area contributed by atoms with Crippen molar-refractivity contribution in [1.82, 2.24) is 4.72 Å². The first kappa shape index (κ1) is 20.1. The number of unbranched alkanes of at least 4 members (excludes halogenated alkanes) is 2. The van der Waals surface area contributed by atoms with Crippen LogP contribution in [0.15, 0.2) is 58.4 Å². The van der Waals surface area contributed by atoms with Gasteiger partial charge < -0.3 is 5.32 Å². The number of amidine groups is 1. The summed E-state index contributed by atoms with van der Waals surface area (Å²) in [5.74, 6) is 0.414. The fourth-order valence-corrected chi connectivity index (χ4v) is 4.31. The van der Waals surface area contributed by atoms with E-state index in [1.807, 2.05) is 24.3 Å². The van der Waals surface area contributed by atoms with Crippen LogP contribution >= 0.6 is 0 Å². The summed E-state index contributed by atoms with van der Waals surface area (Å²) in [7, 11) is -3.48. The van der Waals surface area contributed by atoms with E-state index in [4.69, 9.17) is 0 Å². The summed E-state index contributed by atoms with van der Waals surface area (Å²) in [4.78, 5) is 16.7. The van der Waals surface area contributed by atoms with Crippen LogP contribution in [0.2, 0.25) is 0 Å². The number of carbonyl (C=O) groups excluding carboxylic acids is 1. The number of hydrogen-bond acceptors (Lipinski definition) is 4. The van der Waals surface area contributed by atoms with E-state index in [9.17, 15) is 13.2 Å². The minimum Gasteiger partial charge on any atom is -0.326 e. The van der Waals surface area contributed by atoms with Gasteiger partial charge in [0, 0.05) is 24.2 Å². The Hall–Kier alpha value is -2.67. The molecule has 0 radical (unpaired) electrons. The molecule has 0 bridgehead atoms. The number of rotatable bonds is 8. The quantitative estimate of drug-likeness (QED) is 0.666. The van der Waals surface area contributed by atoms with Gasteiger partial charge in [0.15, 0.2) is 0 Å². The van der Waals surface area contributed by atoms with Crippen LogP contribution in [-0.4, -0.2) is 26.7 Å². The first-order valence-electron chi connectivity index (χ1n) is 9.55. The van der Waals surface area contributed by atoms with E-state index in [1.54, 1.807) is 24.3 Å². The van der Waals surface area contributed by atoms with Crippen molar-refractivity contribution in [2.75, 3.05) is 11.9 Å². The predicted molar refractivity (Wildman–Crippen MR) is 111 cm³/mol. The van der Waals surface area contributed by atoms with Crippen molar-refractivity contribution in [3.63, 3.8) is 0 Å². The highest BCUT2D eigenvalue weighted by atomic mass is 32.2. The molecule has 0 saturated carbocycles. The highest BCUT2D eigenvalue weighted by Gasteiger charge is 2.29. The number of hydrogen-bond donors (Lipinski definition) is 2. The molecule has 0 saturated heterocycles. The van der Waals surface area contributed by atoms with Gasteiger partial charge in [-0.1, -0.05) is 37.6 Å². The lowest BCUT2D eigenvalue weighted by molar-refractivity contribution is -0.116. The Balaban J connectivity index is 1.39. The summed E-state index contributed by atoms with van der Waals surface area (Å²) < 4.78 is 26.5. The minimum absolute atomic E-state index is 0.00745. The van der Waals surface area contributed by atoms with E-state index in [1.165, 1.54) is 5.56 Å². The van der Waals surface area contributed by atoms with Crippen molar-refractivity contribution in [3.05, 3.63) is 59.7 Å². The monoisotopic (exact) mass is 399 g/mol. The summed E-state index contributed by atoms with van der Waals surface area (Å²) in [6.45, 7) is 2.62. The number of carbonyl (C=O) groups is 1. The highest BCUT2D eigenvalue weighted by molar-refractivity contribution is 7.90. The lowest BCUT2D eigenvalue weighted by Crippen LogP contribution is -2.22. The number of fused-ring (bicyclic) bond motifs is 1. The molecule has 2 aromatic rings. The fourth-order valence-electron chi connectivity index (χ4n) is 3.06. The number of anilines is 1. The van der Waals surface area contributed by atoms with Gasteiger partial charge in [0.1, 0.15) is 5.84 Å². The van der Waals surface area contributed by atoms with Gasteiger partial charge in [-0.05, 0) is 49.1 Å². The molecule has 6 nitrogen and oxygen atoms in total. The van der Waals surface area contributed by atoms with Crippen molar-refractivity contribution in [1.29, 1.82) is 0 Å². The molecule has 2 N–H and O–H groups in total. The third-order valence-corrected chi connectivity index (χ3v) is 6.04. The Labute approximate surface area is 166 Å². The van der Waals surface area contributed by atoms with Crippen LogP contribution in [0.1, 0.15) is 43.7 Å². The molecule has 3 rings (SSSR count). The maximum absolute atomic E-state index is 12.0. The summed E-state index contributed by atoms with van der Waals surface area (Å²) in [6.07, 6.45) is 3.86. The second-order valence-electron chi connectivity index (χ2n) is 6.74. The zero-order valence-electron chi connectivity index (χ0n) is 15.9. The molecule has 0 unspecified atom stereocenters. The van der Waals surface area contributed by atoms with Crippen LogP contribution in [0.4, 0.5) is 5.69 Å². The minimum atomic E-state index is -3.48. The predicted octanol–water partition coefficient (Wildman–Crippen LogP) is 3.49. The molecule has 2 aromatic carbocycles. The molecule has 28 heavy (non-hydrogen) atoms. The molecular formula is C21H25N3O3S. The molecule has 148 valence electrons. The standard InChI is InChI=1S/C21H25N3O3S/c1-2-16-11-13-17(14-12-16)23-20(25)10-4-3-7-15-22-21-18-8-5-6-9-19(18)28(26,27)24-21/h5-6,8-9,11-14H,2-4,7,10,15H2,1H3,(H,22,24)(H,23,25). The Kier molecular flexibility index (Phi) is 6.46. The molecular weight excluding hydrogens is 374 g/mol. The van der Waals surface area contributed by atoms with E-state index in [0.717, 1.165) is 31.4 Å². The van der Waals surface area contributed by atoms with Gasteiger partial charge in [0.05, 0.1) is 4.90 Å². The summed E-state index contributed by atoms with van der Waals surface area (Å²) in [5.41, 5.74) is 2.68. The van der Waals surface area contributed by atoms with Crippen LogP contribution < -0.4 is 10.0 Å². The Morgan fingerprint density at radius 3 is 2.54 bits per heavy atom. The average molecular weight is 400 g/mol. The smallest absolute Gasteiger partial charge is 0.263 e. The SMILES string of the molecule is CCc1ccc(NC(=O)CCCCCN=C2NS(=O)(=O)c3ccccc32)cc1. The molecule has 1 amide bonds. The zero-order chi connectivity index (χ0) is 20.0. The Morgan fingerprint density at radius 2 is 1.79 bits per heavy atom. The molecule has 0 aliphatic carbocycles. The third kappa shape index (κ3) is 4.98. The van der Waals surface area contributed by atoms with Gasteiger partial charge in [0.2, 0.25) is 5.91 Å². The van der Waals surface area contributed by atoms with Gasteiger partial charge >= 0.3 is 0 Å². The van der Waals surface area contributed by atoms with E-state index in [2.05, 4.69) is 22.0 Å². The average Bonchev–Trinajstić information content (AvgIpc) is 2.96. The molecule has 1 aliphatic rings. The molecule has 0 atom stereocenters. The third-order valence-electron chi connectivity index (χ3n) is 4.64. The first-order valence-corrected chi connectivity index (χ1v) is 11.0. The van der Waals surface area contributed by atoms with E-state index < -0.39 is 10.0 Å². The molecule has 1 aliphatic heterocycles. The largest absolute Gasteiger partial charge is 0.326 e. The number of benzene rings is 2. The van der Waals surface area contributed by atoms with E-state index in [0.29, 0.717) is 24.4 Å². The molecule has 7 heteroatoms. The van der Waals surface area contributed by atoms with E-state index >= 15 is 0 Å². The van der Waals surface area contributed by atoms with Gasteiger partial charge in [-0.25, -0.2) is 8.42 Å². The second-order valence-corrected chi connectivity index (χ2v) is 8.39. The zero-order valence-corrected chi connectivity index (χ0v) is 16.8. The normalized spacial score (nSPS) is 15.8. The lowest BCUT2D eigenvalue weighted by atomic mass is 10.1. The number of nitrogens with one attached hydrogen (secondary N) is 2. The highest BCUT2D eigenvalue weighted by Crippen LogP contribution is 2.22. The Morgan fingerprint density at radius 1 is 1.04 bits per heavy atom. The van der Waals surface area contributed by atoms with Crippen LogP contribution in [-0.2, 0) is 21.2 Å². The van der Waals surface area contributed by atoms with Gasteiger partial charge in [0.25, 0.3) is 10.0 Å². The number of nitrogens with zero attached hydrogens (tertiary/aromatic N) is 1. The second kappa shape index (κ2) is 9.01. The Bertz CT molecular complexity index is 967. The number of amides is 1. The summed E-state index contributed by atoms with van der Waals surface area (Å²) >= 11 is 0. The molecule has 0 spiro atoms. The number of sulfonamides is 1.